The third-order valence-electron chi connectivity index (χ3n) is 3.34. The minimum Gasteiger partial charge on any atom is -0.444 e. The lowest BCUT2D eigenvalue weighted by Crippen LogP contribution is -2.11. The average molecular weight is 388 g/mol. The van der Waals surface area contributed by atoms with Crippen LogP contribution in [0.5, 0.6) is 0 Å². The predicted octanol–water partition coefficient (Wildman–Crippen LogP) is 4.67. The Morgan fingerprint density at radius 2 is 2.13 bits per heavy atom. The molecule has 0 saturated heterocycles. The number of rotatable bonds is 3. The molecule has 1 amide bonds. The molecule has 4 rings (SSSR count). The van der Waals surface area contributed by atoms with Crippen LogP contribution in [0.3, 0.4) is 0 Å². The fourth-order valence-corrected chi connectivity index (χ4v) is 3.30. The summed E-state index contributed by atoms with van der Waals surface area (Å²) in [5, 5.41) is 4.86. The summed E-state index contributed by atoms with van der Waals surface area (Å²) in [6, 6.07) is 10.9. The molecular formula is C16H10BrN3O2S. The third-order valence-corrected chi connectivity index (χ3v) is 4.54. The van der Waals surface area contributed by atoms with Gasteiger partial charge in [-0.2, -0.15) is 0 Å². The van der Waals surface area contributed by atoms with E-state index in [0.717, 1.165) is 16.2 Å². The lowest BCUT2D eigenvalue weighted by molar-refractivity contribution is 0.0995. The summed E-state index contributed by atoms with van der Waals surface area (Å²) >= 11 is 4.76. The number of carbonyl (C=O) groups excluding carboxylic acids is 1. The quantitative estimate of drug-likeness (QED) is 0.555. The molecular weight excluding hydrogens is 378 g/mol. The predicted molar refractivity (Wildman–Crippen MR) is 92.9 cm³/mol. The largest absolute Gasteiger partial charge is 0.444 e. The van der Waals surface area contributed by atoms with Gasteiger partial charge in [0.25, 0.3) is 5.91 Å². The Bertz CT molecular complexity index is 973. The van der Waals surface area contributed by atoms with Crippen molar-refractivity contribution in [2.24, 2.45) is 0 Å². The van der Waals surface area contributed by atoms with Gasteiger partial charge in [-0.3, -0.25) is 9.20 Å². The Hall–Kier alpha value is -2.38. The standard InChI is InChI=1S/C16H10BrN3O2S/c17-14-6-5-13(22-14)15(21)18-11-4-2-1-3-10(11)12-9-20-7-8-23-16(20)19-12/h1-9H,(H,18,21). The fourth-order valence-electron chi connectivity index (χ4n) is 2.29. The zero-order chi connectivity index (χ0) is 15.8. The van der Waals surface area contributed by atoms with Gasteiger partial charge in [-0.25, -0.2) is 4.98 Å². The highest BCUT2D eigenvalue weighted by Crippen LogP contribution is 2.29. The average Bonchev–Trinajstić information content (AvgIpc) is 3.23. The Balaban J connectivity index is 1.69. The van der Waals surface area contributed by atoms with Gasteiger partial charge in [0.1, 0.15) is 0 Å². The molecule has 3 aromatic heterocycles. The van der Waals surface area contributed by atoms with Crippen molar-refractivity contribution < 1.29 is 9.21 Å². The molecule has 1 aromatic carbocycles. The number of amides is 1. The van der Waals surface area contributed by atoms with Gasteiger partial charge in [0.2, 0.25) is 0 Å². The van der Waals surface area contributed by atoms with Crippen LogP contribution >= 0.6 is 27.3 Å². The second-order valence-electron chi connectivity index (χ2n) is 4.82. The molecule has 0 aliphatic rings. The molecule has 7 heteroatoms. The van der Waals surface area contributed by atoms with Crippen molar-refractivity contribution in [3.05, 3.63) is 64.6 Å². The number of nitrogens with zero attached hydrogens (tertiary/aromatic N) is 2. The lowest BCUT2D eigenvalue weighted by Gasteiger charge is -2.08. The van der Waals surface area contributed by atoms with E-state index in [0.29, 0.717) is 10.4 Å². The van der Waals surface area contributed by atoms with Crippen molar-refractivity contribution in [3.8, 4) is 11.3 Å². The zero-order valence-corrected chi connectivity index (χ0v) is 14.1. The van der Waals surface area contributed by atoms with Gasteiger partial charge in [-0.15, -0.1) is 11.3 Å². The molecule has 114 valence electrons. The highest BCUT2D eigenvalue weighted by molar-refractivity contribution is 9.10. The summed E-state index contributed by atoms with van der Waals surface area (Å²) in [6.07, 6.45) is 3.90. The van der Waals surface area contributed by atoms with Gasteiger partial charge >= 0.3 is 0 Å². The number of halogens is 1. The Morgan fingerprint density at radius 3 is 2.91 bits per heavy atom. The molecule has 23 heavy (non-hydrogen) atoms. The van der Waals surface area contributed by atoms with Crippen LogP contribution in [0.2, 0.25) is 0 Å². The van der Waals surface area contributed by atoms with E-state index in [1.54, 1.807) is 23.5 Å². The molecule has 3 heterocycles. The van der Waals surface area contributed by atoms with Crippen LogP contribution in [0.25, 0.3) is 16.2 Å². The number of anilines is 1. The molecule has 4 aromatic rings. The topological polar surface area (TPSA) is 59.5 Å². The van der Waals surface area contributed by atoms with Gasteiger partial charge in [-0.1, -0.05) is 18.2 Å². The number of para-hydroxylation sites is 1. The van der Waals surface area contributed by atoms with Crippen LogP contribution < -0.4 is 5.32 Å². The number of imidazole rings is 1. The first kappa shape index (κ1) is 14.2. The van der Waals surface area contributed by atoms with Gasteiger partial charge in [-0.05, 0) is 34.1 Å². The third kappa shape index (κ3) is 2.69. The second-order valence-corrected chi connectivity index (χ2v) is 6.48. The number of thiazole rings is 1. The van der Waals surface area contributed by atoms with Gasteiger partial charge < -0.3 is 9.73 Å². The van der Waals surface area contributed by atoms with E-state index in [9.17, 15) is 4.79 Å². The van der Waals surface area contributed by atoms with Crippen molar-refractivity contribution in [3.63, 3.8) is 0 Å². The first-order chi connectivity index (χ1) is 11.2. The fraction of sp³-hybridized carbons (Fsp3) is 0. The van der Waals surface area contributed by atoms with E-state index in [-0.39, 0.29) is 11.7 Å². The van der Waals surface area contributed by atoms with Crippen LogP contribution in [0.4, 0.5) is 5.69 Å². The van der Waals surface area contributed by atoms with E-state index in [1.165, 1.54) is 0 Å². The number of nitrogens with one attached hydrogen (secondary N) is 1. The smallest absolute Gasteiger partial charge is 0.291 e. The number of aromatic nitrogens is 2. The molecule has 0 spiro atoms. The second kappa shape index (κ2) is 5.68. The Kier molecular flexibility index (Phi) is 3.51. The molecule has 0 aliphatic heterocycles. The molecule has 1 N–H and O–H groups in total. The Labute approximate surface area is 143 Å². The molecule has 0 saturated carbocycles. The molecule has 0 unspecified atom stereocenters. The normalized spacial score (nSPS) is 11.0. The Morgan fingerprint density at radius 1 is 1.26 bits per heavy atom. The number of furan rings is 1. The maximum atomic E-state index is 12.3. The van der Waals surface area contributed by atoms with Crippen molar-refractivity contribution in [1.82, 2.24) is 9.38 Å². The minimum atomic E-state index is -0.302. The van der Waals surface area contributed by atoms with Crippen LogP contribution in [-0.2, 0) is 0 Å². The highest BCUT2D eigenvalue weighted by Gasteiger charge is 2.15. The van der Waals surface area contributed by atoms with E-state index < -0.39 is 0 Å². The van der Waals surface area contributed by atoms with Crippen molar-refractivity contribution in [1.29, 1.82) is 0 Å². The first-order valence-electron chi connectivity index (χ1n) is 6.79. The summed E-state index contributed by atoms with van der Waals surface area (Å²) in [7, 11) is 0. The van der Waals surface area contributed by atoms with E-state index in [2.05, 4.69) is 26.2 Å². The molecule has 0 bridgehead atoms. The number of fused-ring (bicyclic) bond motifs is 1. The van der Waals surface area contributed by atoms with Crippen molar-refractivity contribution in [2.45, 2.75) is 0 Å². The van der Waals surface area contributed by atoms with E-state index in [1.807, 2.05) is 46.4 Å². The van der Waals surface area contributed by atoms with Crippen molar-refractivity contribution in [2.75, 3.05) is 5.32 Å². The highest BCUT2D eigenvalue weighted by atomic mass is 79.9. The monoisotopic (exact) mass is 387 g/mol. The zero-order valence-electron chi connectivity index (χ0n) is 11.7. The van der Waals surface area contributed by atoms with Crippen LogP contribution in [0.1, 0.15) is 10.6 Å². The molecule has 0 radical (unpaired) electrons. The summed E-state index contributed by atoms with van der Waals surface area (Å²) in [6.45, 7) is 0. The van der Waals surface area contributed by atoms with Crippen LogP contribution in [0.15, 0.2) is 63.3 Å². The molecule has 0 atom stereocenters. The number of hydrogen-bond donors (Lipinski definition) is 1. The molecule has 0 fully saturated rings. The number of hydrogen-bond acceptors (Lipinski definition) is 4. The van der Waals surface area contributed by atoms with Crippen LogP contribution in [0, 0.1) is 0 Å². The number of benzene rings is 1. The summed E-state index contributed by atoms with van der Waals surface area (Å²) in [5.74, 6) is -0.0540. The van der Waals surface area contributed by atoms with E-state index >= 15 is 0 Å². The first-order valence-corrected chi connectivity index (χ1v) is 8.46. The molecule has 0 aliphatic carbocycles. The SMILES string of the molecule is O=C(Nc1ccccc1-c1cn2ccsc2n1)c1ccc(Br)o1. The lowest BCUT2D eigenvalue weighted by atomic mass is 10.1. The van der Waals surface area contributed by atoms with Crippen molar-refractivity contribution >= 4 is 43.8 Å². The van der Waals surface area contributed by atoms with Crippen LogP contribution in [-0.4, -0.2) is 15.3 Å². The summed E-state index contributed by atoms with van der Waals surface area (Å²) in [4.78, 5) is 17.8. The number of carbonyl (C=O) groups is 1. The van der Waals surface area contributed by atoms with E-state index in [4.69, 9.17) is 4.42 Å². The van der Waals surface area contributed by atoms with Gasteiger partial charge in [0, 0.05) is 23.3 Å². The maximum Gasteiger partial charge on any atom is 0.291 e. The maximum absolute atomic E-state index is 12.3. The minimum absolute atomic E-state index is 0.248. The van der Waals surface area contributed by atoms with Gasteiger partial charge in [0.15, 0.2) is 15.4 Å². The summed E-state index contributed by atoms with van der Waals surface area (Å²) in [5.41, 5.74) is 2.37. The van der Waals surface area contributed by atoms with Gasteiger partial charge in [0.05, 0.1) is 11.4 Å². The summed E-state index contributed by atoms with van der Waals surface area (Å²) < 4.78 is 7.76. The molecule has 5 nitrogen and oxygen atoms in total.